The van der Waals surface area contributed by atoms with Gasteiger partial charge in [0.1, 0.15) is 0 Å². The summed E-state index contributed by atoms with van der Waals surface area (Å²) in [5.41, 5.74) is 1.27. The fourth-order valence-corrected chi connectivity index (χ4v) is 2.34. The molecule has 0 aromatic carbocycles. The van der Waals surface area contributed by atoms with Crippen molar-refractivity contribution in [1.82, 2.24) is 9.88 Å². The second kappa shape index (κ2) is 5.44. The van der Waals surface area contributed by atoms with Crippen LogP contribution in [0.2, 0.25) is 0 Å². The van der Waals surface area contributed by atoms with Gasteiger partial charge in [-0.15, -0.1) is 0 Å². The number of hydrogen-bond donors (Lipinski definition) is 0. The largest absolute Gasteiger partial charge is 0.303 e. The van der Waals surface area contributed by atoms with Crippen LogP contribution in [0.1, 0.15) is 38.3 Å². The second-order valence-corrected chi connectivity index (χ2v) is 5.22. The Balaban J connectivity index is 1.84. The predicted molar refractivity (Wildman–Crippen MR) is 67.5 cm³/mol. The first kappa shape index (κ1) is 11.6. The minimum absolute atomic E-state index is 0.661. The molecule has 0 saturated carbocycles. The van der Waals surface area contributed by atoms with E-state index >= 15 is 0 Å². The number of likely N-dealkylation sites (tertiary alicyclic amines) is 1. The van der Waals surface area contributed by atoms with Gasteiger partial charge in [0, 0.05) is 24.4 Å². The third-order valence-electron chi connectivity index (χ3n) is 3.40. The highest BCUT2D eigenvalue weighted by atomic mass is 15.1. The van der Waals surface area contributed by atoms with E-state index in [0.29, 0.717) is 5.92 Å². The van der Waals surface area contributed by atoms with Gasteiger partial charge in [-0.1, -0.05) is 19.9 Å². The number of rotatable bonds is 4. The third-order valence-corrected chi connectivity index (χ3v) is 3.40. The van der Waals surface area contributed by atoms with E-state index in [0.717, 1.165) is 5.92 Å². The van der Waals surface area contributed by atoms with Crippen molar-refractivity contribution >= 4 is 0 Å². The van der Waals surface area contributed by atoms with Gasteiger partial charge in [0.15, 0.2) is 0 Å². The molecular formula is C14H22N2. The lowest BCUT2D eigenvalue weighted by atomic mass is 10.0. The van der Waals surface area contributed by atoms with E-state index in [9.17, 15) is 0 Å². The molecule has 0 bridgehead atoms. The van der Waals surface area contributed by atoms with E-state index in [1.54, 1.807) is 0 Å². The van der Waals surface area contributed by atoms with Crippen molar-refractivity contribution in [3.8, 4) is 0 Å². The standard InChI is InChI=1S/C14H22N2/c1-12(2)6-9-16-10-7-13(11-16)14-5-3-4-8-15-14/h3-5,8,12-13H,6-7,9-11H2,1-2H3. The molecule has 1 unspecified atom stereocenters. The first-order chi connectivity index (χ1) is 7.75. The van der Waals surface area contributed by atoms with Gasteiger partial charge < -0.3 is 4.90 Å². The van der Waals surface area contributed by atoms with Crippen molar-refractivity contribution in [3.05, 3.63) is 30.1 Å². The molecule has 1 aromatic rings. The monoisotopic (exact) mass is 218 g/mol. The zero-order chi connectivity index (χ0) is 11.4. The topological polar surface area (TPSA) is 16.1 Å². The highest BCUT2D eigenvalue weighted by Gasteiger charge is 2.24. The van der Waals surface area contributed by atoms with Gasteiger partial charge in [0.05, 0.1) is 0 Å². The van der Waals surface area contributed by atoms with Crippen LogP contribution >= 0.6 is 0 Å². The maximum absolute atomic E-state index is 4.46. The molecule has 16 heavy (non-hydrogen) atoms. The van der Waals surface area contributed by atoms with Crippen LogP contribution in [0.3, 0.4) is 0 Å². The summed E-state index contributed by atoms with van der Waals surface area (Å²) in [6, 6.07) is 6.25. The van der Waals surface area contributed by atoms with Crippen molar-refractivity contribution in [3.63, 3.8) is 0 Å². The SMILES string of the molecule is CC(C)CCN1CCC(c2ccccn2)C1. The molecule has 1 aliphatic heterocycles. The van der Waals surface area contributed by atoms with Crippen LogP contribution in [-0.4, -0.2) is 29.5 Å². The summed E-state index contributed by atoms with van der Waals surface area (Å²) < 4.78 is 0. The van der Waals surface area contributed by atoms with Crippen molar-refractivity contribution in [2.24, 2.45) is 5.92 Å². The zero-order valence-corrected chi connectivity index (χ0v) is 10.4. The van der Waals surface area contributed by atoms with Gasteiger partial charge in [-0.2, -0.15) is 0 Å². The van der Waals surface area contributed by atoms with Crippen molar-refractivity contribution in [1.29, 1.82) is 0 Å². The van der Waals surface area contributed by atoms with Crippen LogP contribution in [0.25, 0.3) is 0 Å². The molecule has 0 spiro atoms. The van der Waals surface area contributed by atoms with E-state index in [1.165, 1.54) is 38.2 Å². The molecule has 2 nitrogen and oxygen atoms in total. The second-order valence-electron chi connectivity index (χ2n) is 5.22. The van der Waals surface area contributed by atoms with Gasteiger partial charge in [0.2, 0.25) is 0 Å². The maximum Gasteiger partial charge on any atom is 0.0447 e. The van der Waals surface area contributed by atoms with Crippen LogP contribution in [0.4, 0.5) is 0 Å². The van der Waals surface area contributed by atoms with E-state index in [1.807, 2.05) is 12.3 Å². The van der Waals surface area contributed by atoms with E-state index in [-0.39, 0.29) is 0 Å². The minimum atomic E-state index is 0.661. The van der Waals surface area contributed by atoms with Gasteiger partial charge >= 0.3 is 0 Å². The molecule has 0 N–H and O–H groups in total. The number of aromatic nitrogens is 1. The third kappa shape index (κ3) is 3.05. The minimum Gasteiger partial charge on any atom is -0.303 e. The Hall–Kier alpha value is -0.890. The Labute approximate surface area is 98.7 Å². The summed E-state index contributed by atoms with van der Waals surface area (Å²) in [5.74, 6) is 1.47. The summed E-state index contributed by atoms with van der Waals surface area (Å²) in [4.78, 5) is 7.05. The molecule has 1 aliphatic rings. The quantitative estimate of drug-likeness (QED) is 0.772. The average molecular weight is 218 g/mol. The van der Waals surface area contributed by atoms with Crippen LogP contribution in [0, 0.1) is 5.92 Å². The summed E-state index contributed by atoms with van der Waals surface area (Å²) >= 11 is 0. The summed E-state index contributed by atoms with van der Waals surface area (Å²) in [5, 5.41) is 0. The first-order valence-electron chi connectivity index (χ1n) is 6.39. The van der Waals surface area contributed by atoms with Crippen LogP contribution in [-0.2, 0) is 0 Å². The predicted octanol–water partition coefficient (Wildman–Crippen LogP) is 2.92. The Kier molecular flexibility index (Phi) is 3.94. The average Bonchev–Trinajstić information content (AvgIpc) is 2.76. The molecule has 2 heterocycles. The van der Waals surface area contributed by atoms with Crippen LogP contribution in [0.15, 0.2) is 24.4 Å². The van der Waals surface area contributed by atoms with E-state index in [4.69, 9.17) is 0 Å². The first-order valence-corrected chi connectivity index (χ1v) is 6.39. The van der Waals surface area contributed by atoms with Crippen molar-refractivity contribution in [2.45, 2.75) is 32.6 Å². The Morgan fingerprint density at radius 1 is 1.44 bits per heavy atom. The number of pyridine rings is 1. The van der Waals surface area contributed by atoms with Crippen LogP contribution in [0.5, 0.6) is 0 Å². The number of nitrogens with zero attached hydrogens (tertiary/aromatic N) is 2. The number of hydrogen-bond acceptors (Lipinski definition) is 2. The molecule has 88 valence electrons. The fourth-order valence-electron chi connectivity index (χ4n) is 2.34. The lowest BCUT2D eigenvalue weighted by Gasteiger charge is -2.16. The molecule has 1 aromatic heterocycles. The molecule has 1 saturated heterocycles. The fraction of sp³-hybridized carbons (Fsp3) is 0.643. The molecular weight excluding hydrogens is 196 g/mol. The van der Waals surface area contributed by atoms with E-state index < -0.39 is 0 Å². The maximum atomic E-state index is 4.46. The van der Waals surface area contributed by atoms with Crippen molar-refractivity contribution in [2.75, 3.05) is 19.6 Å². The summed E-state index contributed by atoms with van der Waals surface area (Å²) in [6.07, 6.45) is 4.50. The van der Waals surface area contributed by atoms with Gasteiger partial charge in [-0.3, -0.25) is 4.98 Å². The normalized spacial score (nSPS) is 21.8. The van der Waals surface area contributed by atoms with Gasteiger partial charge in [-0.25, -0.2) is 0 Å². The highest BCUT2D eigenvalue weighted by molar-refractivity contribution is 5.11. The zero-order valence-electron chi connectivity index (χ0n) is 10.4. The summed E-state index contributed by atoms with van der Waals surface area (Å²) in [7, 11) is 0. The van der Waals surface area contributed by atoms with Crippen molar-refractivity contribution < 1.29 is 0 Å². The molecule has 0 amide bonds. The Morgan fingerprint density at radius 3 is 3.00 bits per heavy atom. The molecule has 2 heteroatoms. The smallest absolute Gasteiger partial charge is 0.0447 e. The van der Waals surface area contributed by atoms with Gasteiger partial charge in [0.25, 0.3) is 0 Å². The lowest BCUT2D eigenvalue weighted by Crippen LogP contribution is -2.22. The van der Waals surface area contributed by atoms with Gasteiger partial charge in [-0.05, 0) is 44.0 Å². The highest BCUT2D eigenvalue weighted by Crippen LogP contribution is 2.25. The molecule has 1 fully saturated rings. The summed E-state index contributed by atoms with van der Waals surface area (Å²) in [6.45, 7) is 8.29. The molecule has 0 aliphatic carbocycles. The molecule has 2 rings (SSSR count). The Morgan fingerprint density at radius 2 is 2.31 bits per heavy atom. The Bertz CT molecular complexity index is 308. The van der Waals surface area contributed by atoms with Crippen LogP contribution < -0.4 is 0 Å². The van der Waals surface area contributed by atoms with E-state index in [2.05, 4.69) is 35.9 Å². The lowest BCUT2D eigenvalue weighted by molar-refractivity contribution is 0.309. The molecule has 0 radical (unpaired) electrons. The molecule has 1 atom stereocenters.